The van der Waals surface area contributed by atoms with Crippen LogP contribution in [-0.2, 0) is 44.4 Å². The van der Waals surface area contributed by atoms with E-state index < -0.39 is 0 Å². The van der Waals surface area contributed by atoms with Crippen LogP contribution >= 0.6 is 0 Å². The Labute approximate surface area is 98.3 Å². The topological polar surface area (TPSA) is 29.1 Å². The number of anilines is 1. The van der Waals surface area contributed by atoms with Gasteiger partial charge in [-0.1, -0.05) is 6.07 Å². The molecule has 0 heterocycles. The largest absolute Gasteiger partial charge is 0.491 e. The number of para-hydroxylation sites is 1. The first-order chi connectivity index (χ1) is 4.84. The summed E-state index contributed by atoms with van der Waals surface area (Å²) in [6, 6.07) is 7.28. The molecule has 12 heavy (non-hydrogen) atoms. The quantitative estimate of drug-likeness (QED) is 0.620. The van der Waals surface area contributed by atoms with Crippen molar-refractivity contribution in [3.63, 3.8) is 0 Å². The van der Waals surface area contributed by atoms with Crippen molar-refractivity contribution >= 4 is 12.1 Å². The van der Waals surface area contributed by atoms with Crippen LogP contribution in [0.1, 0.15) is 5.56 Å². The number of benzene rings is 1. The second-order valence-electron chi connectivity index (χ2n) is 1.88. The molecule has 1 amide bonds. The summed E-state index contributed by atoms with van der Waals surface area (Å²) in [6.07, 6.45) is 1.58. The zero-order valence-electron chi connectivity index (χ0n) is 6.28. The summed E-state index contributed by atoms with van der Waals surface area (Å²) in [5, 5.41) is 2.41. The Morgan fingerprint density at radius 2 is 1.92 bits per heavy atom. The minimum Gasteiger partial charge on any atom is -0.491 e. The molecule has 0 fully saturated rings. The van der Waals surface area contributed by atoms with E-state index in [1.807, 2.05) is 18.2 Å². The van der Waals surface area contributed by atoms with E-state index >= 15 is 0 Å². The van der Waals surface area contributed by atoms with Crippen molar-refractivity contribution in [2.24, 2.45) is 0 Å². The van der Waals surface area contributed by atoms with Gasteiger partial charge in [0.2, 0.25) is 0 Å². The van der Waals surface area contributed by atoms with Gasteiger partial charge < -0.3 is 10.1 Å². The first kappa shape index (κ1) is 14.4. The van der Waals surface area contributed by atoms with E-state index in [2.05, 4.69) is 12.2 Å². The molecule has 0 saturated heterocycles. The number of amides is 1. The standard InChI is InChI=1S/C8H7NO.V.W/c1-7-4-2-3-5-8(7)9-6-10;;/h2-5H,1H2,(H,9,10);;/q-2;;. The fourth-order valence-electron chi connectivity index (χ4n) is 0.697. The zero-order chi connectivity index (χ0) is 7.40. The van der Waals surface area contributed by atoms with Crippen molar-refractivity contribution < 1.29 is 44.4 Å². The Balaban J connectivity index is 0. The molecule has 0 unspecified atom stereocenters. The summed E-state index contributed by atoms with van der Waals surface area (Å²) >= 11 is 0. The second kappa shape index (κ2) is 7.48. The van der Waals surface area contributed by atoms with Gasteiger partial charge in [-0.05, 0) is 0 Å². The van der Waals surface area contributed by atoms with Gasteiger partial charge in [0.25, 0.3) is 0 Å². The van der Waals surface area contributed by atoms with Crippen molar-refractivity contribution in [3.8, 4) is 0 Å². The first-order valence-corrected chi connectivity index (χ1v) is 2.89. The molecule has 0 aromatic heterocycles. The van der Waals surface area contributed by atoms with Gasteiger partial charge in [-0.3, -0.25) is 0 Å². The molecule has 0 spiro atoms. The molecule has 0 aliphatic heterocycles. The molecule has 0 aliphatic rings. The normalized spacial score (nSPS) is 7.33. The Morgan fingerprint density at radius 1 is 1.33 bits per heavy atom. The average molecular weight is 368 g/mol. The van der Waals surface area contributed by atoms with Crippen molar-refractivity contribution in [1.29, 1.82) is 0 Å². The van der Waals surface area contributed by atoms with Gasteiger partial charge in [-0.25, -0.2) is 12.5 Å². The summed E-state index contributed by atoms with van der Waals surface area (Å²) < 4.78 is 0. The van der Waals surface area contributed by atoms with Crippen LogP contribution in [0.25, 0.3) is 0 Å². The number of hydrogen-bond donors (Lipinski definition) is 1. The third-order valence-corrected chi connectivity index (χ3v) is 1.20. The molecule has 0 aliphatic carbocycles. The van der Waals surface area contributed by atoms with Crippen LogP contribution in [0, 0.1) is 6.92 Å². The van der Waals surface area contributed by atoms with Crippen LogP contribution in [0.5, 0.6) is 0 Å². The fourth-order valence-corrected chi connectivity index (χ4v) is 0.697. The fraction of sp³-hybridized carbons (Fsp3) is 0. The Hall–Kier alpha value is -0.167. The number of carbonyl (C=O) groups excluding carboxylic acids is 1. The maximum Gasteiger partial charge on any atom is 0.0692 e. The van der Waals surface area contributed by atoms with Gasteiger partial charge in [-0.2, -0.15) is 6.07 Å². The van der Waals surface area contributed by atoms with Crippen LogP contribution in [-0.4, -0.2) is 6.41 Å². The molecule has 1 rings (SSSR count). The van der Waals surface area contributed by atoms with Gasteiger partial charge in [0.05, 0.1) is 6.41 Å². The SMILES string of the molecule is [CH2-]c1ccccc1N[C-]=O.[V].[W]. The summed E-state index contributed by atoms with van der Waals surface area (Å²) in [6.45, 7) is 3.70. The summed E-state index contributed by atoms with van der Waals surface area (Å²) in [4.78, 5) is 9.86. The van der Waals surface area contributed by atoms with Gasteiger partial charge in [0.15, 0.2) is 0 Å². The molecule has 1 radical (unpaired) electrons. The third kappa shape index (κ3) is 4.01. The van der Waals surface area contributed by atoms with E-state index in [0.717, 1.165) is 5.56 Å². The van der Waals surface area contributed by atoms with Crippen molar-refractivity contribution in [1.82, 2.24) is 0 Å². The molecule has 2 nitrogen and oxygen atoms in total. The Bertz CT molecular complexity index is 242. The van der Waals surface area contributed by atoms with Gasteiger partial charge in [0.1, 0.15) is 0 Å². The Morgan fingerprint density at radius 3 is 2.42 bits per heavy atom. The van der Waals surface area contributed by atoms with Crippen LogP contribution in [0.15, 0.2) is 24.3 Å². The minimum atomic E-state index is 0. The van der Waals surface area contributed by atoms with Crippen molar-refractivity contribution in [2.45, 2.75) is 0 Å². The molecule has 1 aromatic rings. The molecule has 0 saturated carbocycles. The van der Waals surface area contributed by atoms with Crippen LogP contribution in [0.2, 0.25) is 0 Å². The van der Waals surface area contributed by atoms with E-state index in [-0.39, 0.29) is 39.6 Å². The Kier molecular flexibility index (Phi) is 8.95. The number of nitrogens with one attached hydrogen (secondary N) is 1. The van der Waals surface area contributed by atoms with Gasteiger partial charge in [0, 0.05) is 39.6 Å². The molecule has 1 N–H and O–H groups in total. The summed E-state index contributed by atoms with van der Waals surface area (Å²) in [7, 11) is 0. The van der Waals surface area contributed by atoms with Crippen LogP contribution in [0.3, 0.4) is 0 Å². The number of hydrogen-bond acceptors (Lipinski definition) is 1. The van der Waals surface area contributed by atoms with Crippen molar-refractivity contribution in [3.05, 3.63) is 36.8 Å². The predicted octanol–water partition coefficient (Wildman–Crippen LogP) is 1.34. The summed E-state index contributed by atoms with van der Waals surface area (Å²) in [5.74, 6) is 0. The molecule has 0 bridgehead atoms. The molecule has 63 valence electrons. The van der Waals surface area contributed by atoms with Gasteiger partial charge >= 0.3 is 0 Å². The predicted molar refractivity (Wildman–Crippen MR) is 40.2 cm³/mol. The molecule has 0 atom stereocenters. The maximum absolute atomic E-state index is 9.86. The van der Waals surface area contributed by atoms with Crippen molar-refractivity contribution in [2.75, 3.05) is 5.32 Å². The van der Waals surface area contributed by atoms with Gasteiger partial charge in [-0.15, -0.1) is 17.8 Å². The minimum absolute atomic E-state index is 0. The first-order valence-electron chi connectivity index (χ1n) is 2.89. The van der Waals surface area contributed by atoms with E-state index in [4.69, 9.17) is 0 Å². The second-order valence-corrected chi connectivity index (χ2v) is 1.88. The summed E-state index contributed by atoms with van der Waals surface area (Å²) in [5.41, 5.74) is 1.50. The maximum atomic E-state index is 9.86. The van der Waals surface area contributed by atoms with E-state index in [9.17, 15) is 4.79 Å². The average Bonchev–Trinajstić information content (AvgIpc) is 1.94. The van der Waals surface area contributed by atoms with Crippen LogP contribution in [0.4, 0.5) is 5.69 Å². The molecule has 1 aromatic carbocycles. The van der Waals surface area contributed by atoms with E-state index in [1.54, 1.807) is 12.5 Å². The molecule has 4 heteroatoms. The van der Waals surface area contributed by atoms with E-state index in [1.165, 1.54) is 0 Å². The molecular formula is C8H7NOVW-2. The van der Waals surface area contributed by atoms with E-state index in [0.29, 0.717) is 5.69 Å². The zero-order valence-corrected chi connectivity index (χ0v) is 10.6. The monoisotopic (exact) mass is 368 g/mol. The van der Waals surface area contributed by atoms with Crippen LogP contribution < -0.4 is 5.32 Å². The molecular weight excluding hydrogens is 361 g/mol. The smallest absolute Gasteiger partial charge is 0.0692 e. The third-order valence-electron chi connectivity index (χ3n) is 1.20. The number of rotatable bonds is 2.